The molecule has 0 radical (unpaired) electrons. The van der Waals surface area contributed by atoms with E-state index in [-0.39, 0.29) is 15.8 Å². The number of aromatic nitrogens is 1. The van der Waals surface area contributed by atoms with Gasteiger partial charge in [-0.2, -0.15) is 0 Å². The average Bonchev–Trinajstić information content (AvgIpc) is 2.80. The number of hydrogen-bond acceptors (Lipinski definition) is 6. The highest BCUT2D eigenvalue weighted by Crippen LogP contribution is 2.33. The van der Waals surface area contributed by atoms with Gasteiger partial charge in [0.2, 0.25) is 0 Å². The molecule has 98 valence electrons. The Labute approximate surface area is 111 Å². The summed E-state index contributed by atoms with van der Waals surface area (Å²) in [4.78, 5) is 24.7. The summed E-state index contributed by atoms with van der Waals surface area (Å²) >= 11 is 0.779. The standard InChI is InChI=1S/C11H8N2O5S/c1-6-7(10(14)15)3-2-4-8(6)18-11-12-5-9(19-11)13(16)17/h2-5H,1H3,(H,14,15). The lowest BCUT2D eigenvalue weighted by Crippen LogP contribution is -2.00. The second-order valence-electron chi connectivity index (χ2n) is 3.56. The van der Waals surface area contributed by atoms with E-state index in [9.17, 15) is 14.9 Å². The number of aromatic carboxylic acids is 1. The first kappa shape index (κ1) is 13.0. The van der Waals surface area contributed by atoms with E-state index in [1.54, 1.807) is 13.0 Å². The molecule has 0 atom stereocenters. The summed E-state index contributed by atoms with van der Waals surface area (Å²) in [5.41, 5.74) is 0.552. The Morgan fingerprint density at radius 1 is 1.53 bits per heavy atom. The Bertz CT molecular complexity index is 652. The highest BCUT2D eigenvalue weighted by molar-refractivity contribution is 7.16. The summed E-state index contributed by atoms with van der Waals surface area (Å²) in [5, 5.41) is 19.5. The first-order chi connectivity index (χ1) is 8.99. The van der Waals surface area contributed by atoms with Crippen molar-refractivity contribution in [2.24, 2.45) is 0 Å². The van der Waals surface area contributed by atoms with Gasteiger partial charge in [0.25, 0.3) is 5.19 Å². The Hall–Kier alpha value is -2.48. The predicted octanol–water partition coefficient (Wildman–Crippen LogP) is 2.85. The number of carboxylic acids is 1. The predicted molar refractivity (Wildman–Crippen MR) is 67.0 cm³/mol. The summed E-state index contributed by atoms with van der Waals surface area (Å²) in [5.74, 6) is -0.753. The monoisotopic (exact) mass is 280 g/mol. The molecule has 1 heterocycles. The summed E-state index contributed by atoms with van der Waals surface area (Å²) in [7, 11) is 0. The van der Waals surface area contributed by atoms with E-state index in [4.69, 9.17) is 9.84 Å². The molecule has 0 fully saturated rings. The van der Waals surface area contributed by atoms with Gasteiger partial charge in [-0.05, 0) is 30.4 Å². The molecule has 1 N–H and O–H groups in total. The number of ether oxygens (including phenoxy) is 1. The largest absolute Gasteiger partial charge is 0.478 e. The second-order valence-corrected chi connectivity index (χ2v) is 4.53. The maximum absolute atomic E-state index is 11.0. The van der Waals surface area contributed by atoms with Crippen LogP contribution in [-0.4, -0.2) is 21.0 Å². The van der Waals surface area contributed by atoms with E-state index in [1.807, 2.05) is 0 Å². The molecule has 0 bridgehead atoms. The third kappa shape index (κ3) is 2.68. The summed E-state index contributed by atoms with van der Waals surface area (Å²) < 4.78 is 5.37. The lowest BCUT2D eigenvalue weighted by molar-refractivity contribution is -0.380. The van der Waals surface area contributed by atoms with Crippen molar-refractivity contribution >= 4 is 22.3 Å². The molecule has 0 spiro atoms. The fourth-order valence-electron chi connectivity index (χ4n) is 1.43. The zero-order chi connectivity index (χ0) is 14.0. The van der Waals surface area contributed by atoms with Crippen molar-refractivity contribution < 1.29 is 19.6 Å². The molecule has 1 aromatic heterocycles. The maximum atomic E-state index is 11.0. The normalized spacial score (nSPS) is 10.2. The van der Waals surface area contributed by atoms with Gasteiger partial charge in [-0.1, -0.05) is 6.07 Å². The zero-order valence-corrected chi connectivity index (χ0v) is 10.5. The Balaban J connectivity index is 2.30. The van der Waals surface area contributed by atoms with Crippen molar-refractivity contribution in [1.82, 2.24) is 4.98 Å². The molecule has 8 heteroatoms. The minimum Gasteiger partial charge on any atom is -0.478 e. The van der Waals surface area contributed by atoms with E-state index >= 15 is 0 Å². The maximum Gasteiger partial charge on any atom is 0.347 e. The van der Waals surface area contributed by atoms with Gasteiger partial charge < -0.3 is 9.84 Å². The topological polar surface area (TPSA) is 103 Å². The fraction of sp³-hybridized carbons (Fsp3) is 0.0909. The Morgan fingerprint density at radius 2 is 2.26 bits per heavy atom. The van der Waals surface area contributed by atoms with Crippen molar-refractivity contribution in [1.29, 1.82) is 0 Å². The molecule has 7 nitrogen and oxygen atoms in total. The lowest BCUT2D eigenvalue weighted by Gasteiger charge is -2.07. The van der Waals surface area contributed by atoms with Gasteiger partial charge >= 0.3 is 11.0 Å². The molecular formula is C11H8N2O5S. The number of carbonyl (C=O) groups is 1. The quantitative estimate of drug-likeness (QED) is 0.682. The number of nitrogens with zero attached hydrogens (tertiary/aromatic N) is 2. The van der Waals surface area contributed by atoms with Crippen molar-refractivity contribution in [3.8, 4) is 10.9 Å². The van der Waals surface area contributed by atoms with Crippen LogP contribution in [-0.2, 0) is 0 Å². The molecule has 1 aromatic carbocycles. The fourth-order valence-corrected chi connectivity index (χ4v) is 2.03. The third-order valence-electron chi connectivity index (χ3n) is 2.36. The van der Waals surface area contributed by atoms with Gasteiger partial charge in [-0.15, -0.1) is 0 Å². The summed E-state index contributed by atoms with van der Waals surface area (Å²) in [6.45, 7) is 1.60. The minimum absolute atomic E-state index is 0.0948. The van der Waals surface area contributed by atoms with Gasteiger partial charge in [0, 0.05) is 5.56 Å². The number of benzene rings is 1. The molecule has 0 saturated heterocycles. The molecule has 19 heavy (non-hydrogen) atoms. The van der Waals surface area contributed by atoms with Gasteiger partial charge in [-0.25, -0.2) is 9.78 Å². The molecule has 0 aliphatic heterocycles. The second kappa shape index (κ2) is 5.02. The highest BCUT2D eigenvalue weighted by atomic mass is 32.1. The third-order valence-corrected chi connectivity index (χ3v) is 3.19. The summed E-state index contributed by atoms with van der Waals surface area (Å²) in [6, 6.07) is 4.57. The van der Waals surface area contributed by atoms with E-state index in [0.29, 0.717) is 11.3 Å². The van der Waals surface area contributed by atoms with Crippen LogP contribution in [0.3, 0.4) is 0 Å². The van der Waals surface area contributed by atoms with E-state index in [2.05, 4.69) is 4.98 Å². The van der Waals surface area contributed by atoms with E-state index in [1.165, 1.54) is 12.1 Å². The smallest absolute Gasteiger partial charge is 0.347 e. The Kier molecular flexibility index (Phi) is 3.43. The molecular weight excluding hydrogens is 272 g/mol. The number of carboxylic acid groups (broad SMARTS) is 1. The molecule has 0 aliphatic rings. The van der Waals surface area contributed by atoms with E-state index in [0.717, 1.165) is 17.5 Å². The highest BCUT2D eigenvalue weighted by Gasteiger charge is 2.16. The van der Waals surface area contributed by atoms with Crippen LogP contribution in [0, 0.1) is 17.0 Å². The van der Waals surface area contributed by atoms with Crippen LogP contribution in [0.15, 0.2) is 24.4 Å². The van der Waals surface area contributed by atoms with Crippen molar-refractivity contribution in [2.75, 3.05) is 0 Å². The number of rotatable bonds is 4. The first-order valence-corrected chi connectivity index (χ1v) is 5.91. The molecule has 0 saturated carbocycles. The molecule has 2 aromatic rings. The van der Waals surface area contributed by atoms with Crippen molar-refractivity contribution in [3.05, 3.63) is 45.6 Å². The van der Waals surface area contributed by atoms with Crippen LogP contribution in [0.25, 0.3) is 0 Å². The van der Waals surface area contributed by atoms with Gasteiger partial charge in [0.1, 0.15) is 11.9 Å². The molecule has 0 aliphatic carbocycles. The number of nitro groups is 1. The van der Waals surface area contributed by atoms with Crippen LogP contribution in [0.4, 0.5) is 5.00 Å². The molecule has 0 unspecified atom stereocenters. The van der Waals surface area contributed by atoms with Crippen LogP contribution in [0.5, 0.6) is 10.9 Å². The number of hydrogen-bond donors (Lipinski definition) is 1. The zero-order valence-electron chi connectivity index (χ0n) is 9.69. The summed E-state index contributed by atoms with van der Waals surface area (Å²) in [6.07, 6.45) is 1.09. The average molecular weight is 280 g/mol. The SMILES string of the molecule is Cc1c(Oc2ncc([N+](=O)[O-])s2)cccc1C(=O)O. The van der Waals surface area contributed by atoms with Gasteiger partial charge in [-0.3, -0.25) is 10.1 Å². The lowest BCUT2D eigenvalue weighted by atomic mass is 10.1. The van der Waals surface area contributed by atoms with Gasteiger partial charge in [0.05, 0.1) is 10.5 Å². The van der Waals surface area contributed by atoms with Crippen LogP contribution in [0.1, 0.15) is 15.9 Å². The van der Waals surface area contributed by atoms with Gasteiger partial charge in [0.15, 0.2) is 0 Å². The van der Waals surface area contributed by atoms with Crippen LogP contribution < -0.4 is 4.74 Å². The molecule has 2 rings (SSSR count). The Morgan fingerprint density at radius 3 is 2.84 bits per heavy atom. The minimum atomic E-state index is -1.06. The van der Waals surface area contributed by atoms with Crippen LogP contribution in [0.2, 0.25) is 0 Å². The van der Waals surface area contributed by atoms with E-state index < -0.39 is 10.9 Å². The van der Waals surface area contributed by atoms with Crippen molar-refractivity contribution in [2.45, 2.75) is 6.92 Å². The first-order valence-electron chi connectivity index (χ1n) is 5.10. The molecule has 0 amide bonds. The van der Waals surface area contributed by atoms with Crippen LogP contribution >= 0.6 is 11.3 Å². The van der Waals surface area contributed by atoms with Crippen molar-refractivity contribution in [3.63, 3.8) is 0 Å². The number of thiazole rings is 1.